The zero-order valence-corrected chi connectivity index (χ0v) is 15.5. The fourth-order valence-corrected chi connectivity index (χ4v) is 2.67. The van der Waals surface area contributed by atoms with Crippen molar-refractivity contribution in [1.29, 1.82) is 0 Å². The third-order valence-corrected chi connectivity index (χ3v) is 3.61. The van der Waals surface area contributed by atoms with Gasteiger partial charge in [0.25, 0.3) is 0 Å². The predicted octanol–water partition coefficient (Wildman–Crippen LogP) is 4.97. The van der Waals surface area contributed by atoms with Crippen molar-refractivity contribution in [2.75, 3.05) is 13.2 Å². The molecule has 0 radical (unpaired) electrons. The standard InChI is InChI=1S/C19H21ClO5/c1-5-22-14-10-17(23-6-2)19(18(11-14)25-24-13(4)21)15-8-7-12(3)9-16(15)20/h7-11H,5-6H2,1-4H3. The molecule has 0 unspecified atom stereocenters. The lowest BCUT2D eigenvalue weighted by molar-refractivity contribution is -0.210. The first kappa shape index (κ1) is 18.9. The average Bonchev–Trinajstić information content (AvgIpc) is 2.54. The quantitative estimate of drug-likeness (QED) is 0.513. The molecule has 6 heteroatoms. The first-order chi connectivity index (χ1) is 12.0. The highest BCUT2D eigenvalue weighted by atomic mass is 35.5. The molecule has 2 rings (SSSR count). The summed E-state index contributed by atoms with van der Waals surface area (Å²) < 4.78 is 11.3. The highest BCUT2D eigenvalue weighted by Gasteiger charge is 2.20. The van der Waals surface area contributed by atoms with Crippen molar-refractivity contribution in [2.24, 2.45) is 0 Å². The summed E-state index contributed by atoms with van der Waals surface area (Å²) in [6.07, 6.45) is 0. The molecular weight excluding hydrogens is 344 g/mol. The van der Waals surface area contributed by atoms with Gasteiger partial charge < -0.3 is 9.47 Å². The van der Waals surface area contributed by atoms with E-state index in [4.69, 9.17) is 30.8 Å². The van der Waals surface area contributed by atoms with E-state index in [9.17, 15) is 4.79 Å². The smallest absolute Gasteiger partial charge is 0.352 e. The monoisotopic (exact) mass is 364 g/mol. The van der Waals surface area contributed by atoms with E-state index in [0.717, 1.165) is 5.56 Å². The third kappa shape index (κ3) is 4.79. The second-order valence-electron chi connectivity index (χ2n) is 5.30. The Kier molecular flexibility index (Phi) is 6.53. The molecule has 0 aliphatic carbocycles. The molecule has 0 N–H and O–H groups in total. The molecule has 0 saturated carbocycles. The Bertz CT molecular complexity index is 758. The Morgan fingerprint density at radius 3 is 2.32 bits per heavy atom. The molecule has 0 bridgehead atoms. The zero-order chi connectivity index (χ0) is 18.4. The number of halogens is 1. The average molecular weight is 365 g/mol. The van der Waals surface area contributed by atoms with Crippen molar-refractivity contribution < 1.29 is 24.0 Å². The number of ether oxygens (including phenoxy) is 2. The maximum absolute atomic E-state index is 11.2. The minimum absolute atomic E-state index is 0.287. The summed E-state index contributed by atoms with van der Waals surface area (Å²) in [7, 11) is 0. The van der Waals surface area contributed by atoms with Crippen molar-refractivity contribution >= 4 is 17.6 Å². The van der Waals surface area contributed by atoms with Crippen LogP contribution in [-0.4, -0.2) is 19.2 Å². The SMILES string of the molecule is CCOc1cc(OCC)c(-c2ccc(C)cc2Cl)c(OOC(C)=O)c1. The number of rotatable bonds is 7. The van der Waals surface area contributed by atoms with Gasteiger partial charge in [-0.05, 0) is 32.4 Å². The minimum Gasteiger partial charge on any atom is -0.494 e. The predicted molar refractivity (Wildman–Crippen MR) is 96.4 cm³/mol. The summed E-state index contributed by atoms with van der Waals surface area (Å²) in [5.74, 6) is 0.789. The topological polar surface area (TPSA) is 54.0 Å². The first-order valence-electron chi connectivity index (χ1n) is 8.01. The van der Waals surface area contributed by atoms with Gasteiger partial charge in [0.05, 0.1) is 18.8 Å². The molecule has 0 aromatic heterocycles. The van der Waals surface area contributed by atoms with Crippen LogP contribution in [0.3, 0.4) is 0 Å². The normalized spacial score (nSPS) is 10.3. The van der Waals surface area contributed by atoms with Crippen molar-refractivity contribution in [2.45, 2.75) is 27.7 Å². The third-order valence-electron chi connectivity index (χ3n) is 3.29. The maximum Gasteiger partial charge on any atom is 0.352 e. The molecule has 5 nitrogen and oxygen atoms in total. The van der Waals surface area contributed by atoms with Crippen molar-refractivity contribution in [3.8, 4) is 28.4 Å². The van der Waals surface area contributed by atoms with E-state index < -0.39 is 5.97 Å². The largest absolute Gasteiger partial charge is 0.494 e. The van der Waals surface area contributed by atoms with Crippen LogP contribution in [0, 0.1) is 6.92 Å². The molecule has 2 aromatic carbocycles. The Morgan fingerprint density at radius 1 is 1.04 bits per heavy atom. The summed E-state index contributed by atoms with van der Waals surface area (Å²) in [4.78, 5) is 21.1. The Labute approximate surface area is 152 Å². The van der Waals surface area contributed by atoms with Crippen LogP contribution in [0.5, 0.6) is 17.2 Å². The van der Waals surface area contributed by atoms with Crippen LogP contribution in [-0.2, 0) is 9.68 Å². The van der Waals surface area contributed by atoms with Gasteiger partial charge in [0.1, 0.15) is 11.5 Å². The van der Waals surface area contributed by atoms with Gasteiger partial charge in [0.2, 0.25) is 0 Å². The number of carbonyl (C=O) groups excluding carboxylic acids is 1. The fraction of sp³-hybridized carbons (Fsp3) is 0.316. The number of hydrogen-bond acceptors (Lipinski definition) is 5. The van der Waals surface area contributed by atoms with E-state index in [1.165, 1.54) is 6.92 Å². The summed E-state index contributed by atoms with van der Waals surface area (Å²) in [5, 5.41) is 0.540. The van der Waals surface area contributed by atoms with Gasteiger partial charge >= 0.3 is 5.97 Å². The Morgan fingerprint density at radius 2 is 1.72 bits per heavy atom. The molecule has 2 aromatic rings. The van der Waals surface area contributed by atoms with Gasteiger partial charge in [-0.3, -0.25) is 9.78 Å². The van der Waals surface area contributed by atoms with E-state index in [0.29, 0.717) is 40.9 Å². The summed E-state index contributed by atoms with van der Waals surface area (Å²) in [6.45, 7) is 7.88. The second-order valence-corrected chi connectivity index (χ2v) is 5.71. The maximum atomic E-state index is 11.2. The van der Waals surface area contributed by atoms with Gasteiger partial charge in [-0.2, -0.15) is 0 Å². The molecule has 0 atom stereocenters. The lowest BCUT2D eigenvalue weighted by Gasteiger charge is -2.17. The van der Waals surface area contributed by atoms with Crippen LogP contribution < -0.4 is 14.4 Å². The van der Waals surface area contributed by atoms with Crippen molar-refractivity contribution in [1.82, 2.24) is 0 Å². The van der Waals surface area contributed by atoms with Crippen LogP contribution >= 0.6 is 11.6 Å². The number of benzene rings is 2. The molecule has 0 spiro atoms. The molecule has 0 aliphatic rings. The van der Waals surface area contributed by atoms with Gasteiger partial charge in [0.15, 0.2) is 5.75 Å². The second kappa shape index (κ2) is 8.62. The van der Waals surface area contributed by atoms with Crippen LogP contribution in [0.1, 0.15) is 26.3 Å². The van der Waals surface area contributed by atoms with Gasteiger partial charge in [-0.15, -0.1) is 0 Å². The molecule has 134 valence electrons. The number of aryl methyl sites for hydroxylation is 1. The van der Waals surface area contributed by atoms with Gasteiger partial charge in [0, 0.05) is 29.6 Å². The van der Waals surface area contributed by atoms with Crippen LogP contribution in [0.15, 0.2) is 30.3 Å². The Balaban J connectivity index is 2.64. The van der Waals surface area contributed by atoms with E-state index in [1.54, 1.807) is 12.1 Å². The first-order valence-corrected chi connectivity index (χ1v) is 8.39. The van der Waals surface area contributed by atoms with E-state index >= 15 is 0 Å². The van der Waals surface area contributed by atoms with Crippen LogP contribution in [0.25, 0.3) is 11.1 Å². The highest BCUT2D eigenvalue weighted by Crippen LogP contribution is 2.45. The molecule has 0 amide bonds. The molecule has 0 aliphatic heterocycles. The van der Waals surface area contributed by atoms with E-state index in [-0.39, 0.29) is 5.75 Å². The summed E-state index contributed by atoms with van der Waals surface area (Å²) in [5.41, 5.74) is 2.33. The highest BCUT2D eigenvalue weighted by molar-refractivity contribution is 6.33. The van der Waals surface area contributed by atoms with Crippen molar-refractivity contribution in [3.05, 3.63) is 40.9 Å². The Hall–Kier alpha value is -2.40. The van der Waals surface area contributed by atoms with Crippen LogP contribution in [0.4, 0.5) is 0 Å². The number of carbonyl (C=O) groups is 1. The molecule has 0 saturated heterocycles. The number of hydrogen-bond donors (Lipinski definition) is 0. The molecular formula is C19H21ClO5. The molecule has 0 fully saturated rings. The van der Waals surface area contributed by atoms with Crippen LogP contribution in [0.2, 0.25) is 5.02 Å². The van der Waals surface area contributed by atoms with E-state index in [2.05, 4.69) is 0 Å². The van der Waals surface area contributed by atoms with Crippen molar-refractivity contribution in [3.63, 3.8) is 0 Å². The lowest BCUT2D eigenvalue weighted by atomic mass is 10.0. The zero-order valence-electron chi connectivity index (χ0n) is 14.7. The van der Waals surface area contributed by atoms with Gasteiger partial charge in [-0.25, -0.2) is 4.79 Å². The molecule has 0 heterocycles. The summed E-state index contributed by atoms with van der Waals surface area (Å²) in [6, 6.07) is 9.05. The lowest BCUT2D eigenvalue weighted by Crippen LogP contribution is -2.06. The fourth-order valence-electron chi connectivity index (χ4n) is 2.34. The molecule has 25 heavy (non-hydrogen) atoms. The van der Waals surface area contributed by atoms with Gasteiger partial charge in [-0.1, -0.05) is 23.7 Å². The minimum atomic E-state index is -0.569. The van der Waals surface area contributed by atoms with E-state index in [1.807, 2.05) is 39.0 Å². The summed E-state index contributed by atoms with van der Waals surface area (Å²) >= 11 is 6.42.